The lowest BCUT2D eigenvalue weighted by molar-refractivity contribution is 0.239. The lowest BCUT2D eigenvalue weighted by Gasteiger charge is -2.28. The Morgan fingerprint density at radius 2 is 1.66 bits per heavy atom. The average Bonchev–Trinajstić information content (AvgIpc) is 2.98. The number of allylic oxidation sites excluding steroid dienone is 11. The molecule has 0 radical (unpaired) electrons. The van der Waals surface area contributed by atoms with E-state index in [9.17, 15) is 0 Å². The molecule has 0 bridgehead atoms. The van der Waals surface area contributed by atoms with E-state index in [1.165, 1.54) is 111 Å². The first-order valence-electron chi connectivity index (χ1n) is 18.6. The van der Waals surface area contributed by atoms with Gasteiger partial charge in [-0.1, -0.05) is 138 Å². The van der Waals surface area contributed by atoms with Crippen LogP contribution in [0.2, 0.25) is 0 Å². The summed E-state index contributed by atoms with van der Waals surface area (Å²) < 4.78 is 0. The Morgan fingerprint density at radius 3 is 2.39 bits per heavy atom. The molecule has 0 aromatic rings. The third-order valence-corrected chi connectivity index (χ3v) is 11.2. The van der Waals surface area contributed by atoms with E-state index in [0.29, 0.717) is 11.8 Å². The minimum Gasteiger partial charge on any atom is -0.0996 e. The predicted molar refractivity (Wildman–Crippen MR) is 200 cm³/mol. The molecule has 248 valence electrons. The molecule has 2 aliphatic rings. The van der Waals surface area contributed by atoms with Crippen molar-refractivity contribution in [2.75, 3.05) is 0 Å². The molecule has 0 heterocycles. The Bertz CT molecular complexity index is 995. The van der Waals surface area contributed by atoms with Gasteiger partial charge in [0.2, 0.25) is 0 Å². The molecular formula is C44H72. The van der Waals surface area contributed by atoms with E-state index < -0.39 is 0 Å². The highest BCUT2D eigenvalue weighted by Gasteiger charge is 2.22. The first kappa shape index (κ1) is 38.4. The molecule has 0 amide bonds. The van der Waals surface area contributed by atoms with Crippen LogP contribution in [0, 0.1) is 41.4 Å². The fourth-order valence-electron chi connectivity index (χ4n) is 7.41. The average molecular weight is 601 g/mol. The molecule has 7 unspecified atom stereocenters. The van der Waals surface area contributed by atoms with Crippen LogP contribution < -0.4 is 0 Å². The standard InChI is InChI=1S/C44H72/c1-33(24-27-43-28-26-39(7)42(10)32-43)17-14-12-11-13-15-19-37(5)40(8)31-41(9)38(6)25-23-34(2)21-22-36(4)30-44-20-16-18-35(3)29-44/h11-14,17,25,35-37,39,41,43-44H,2,8,10,15-16,18-24,26-32H2,1,3-7,9H3/b13-11+,14-12+,33-17+,38-25+. The summed E-state index contributed by atoms with van der Waals surface area (Å²) in [5.41, 5.74) is 7.25. The molecule has 0 saturated heterocycles. The van der Waals surface area contributed by atoms with Gasteiger partial charge >= 0.3 is 0 Å². The van der Waals surface area contributed by atoms with Crippen LogP contribution >= 0.6 is 0 Å². The maximum atomic E-state index is 4.48. The molecule has 0 aliphatic heterocycles. The normalized spacial score (nSPS) is 25.8. The summed E-state index contributed by atoms with van der Waals surface area (Å²) in [4.78, 5) is 0. The Balaban J connectivity index is 1.59. The fraction of sp³-hybridized carbons (Fsp3) is 0.682. The zero-order valence-electron chi connectivity index (χ0n) is 30.4. The van der Waals surface area contributed by atoms with Crippen molar-refractivity contribution < 1.29 is 0 Å². The summed E-state index contributed by atoms with van der Waals surface area (Å²) in [5, 5.41) is 0. The van der Waals surface area contributed by atoms with Crippen molar-refractivity contribution in [3.63, 3.8) is 0 Å². The second-order valence-corrected chi connectivity index (χ2v) is 15.7. The van der Waals surface area contributed by atoms with E-state index in [0.717, 1.165) is 48.9 Å². The largest absolute Gasteiger partial charge is 0.0996 e. The van der Waals surface area contributed by atoms with Crippen molar-refractivity contribution in [3.8, 4) is 0 Å². The van der Waals surface area contributed by atoms with Crippen molar-refractivity contribution in [3.05, 3.63) is 84.1 Å². The lowest BCUT2D eigenvalue weighted by Crippen LogP contribution is -2.15. The van der Waals surface area contributed by atoms with Crippen LogP contribution in [-0.4, -0.2) is 0 Å². The molecular weight excluding hydrogens is 528 g/mol. The van der Waals surface area contributed by atoms with Crippen LogP contribution in [0.1, 0.15) is 151 Å². The Morgan fingerprint density at radius 1 is 0.886 bits per heavy atom. The number of hydrogen-bond acceptors (Lipinski definition) is 0. The molecule has 0 heteroatoms. The SMILES string of the molecule is C=C(C/C=C(\C)C(C)CC(=C)C(C)CC/C=C/C=C/C=C(\C)CCC1CCC(C)C(=C)C1)CCC(C)CC1CCCC(C)C1. The van der Waals surface area contributed by atoms with E-state index in [1.807, 2.05) is 0 Å². The second kappa shape index (κ2) is 21.1. The molecule has 2 rings (SSSR count). The molecule has 0 nitrogen and oxygen atoms in total. The highest BCUT2D eigenvalue weighted by atomic mass is 14.3. The monoisotopic (exact) mass is 601 g/mol. The molecule has 2 aliphatic carbocycles. The van der Waals surface area contributed by atoms with Gasteiger partial charge in [0.25, 0.3) is 0 Å². The summed E-state index contributed by atoms with van der Waals surface area (Å²) in [6.07, 6.45) is 34.3. The topological polar surface area (TPSA) is 0 Å². The molecule has 2 fully saturated rings. The van der Waals surface area contributed by atoms with Gasteiger partial charge in [-0.3, -0.25) is 0 Å². The van der Waals surface area contributed by atoms with Crippen LogP contribution in [0.25, 0.3) is 0 Å². The van der Waals surface area contributed by atoms with Gasteiger partial charge in [0.1, 0.15) is 0 Å². The third kappa shape index (κ3) is 16.0. The van der Waals surface area contributed by atoms with Gasteiger partial charge in [0.15, 0.2) is 0 Å². The fourth-order valence-corrected chi connectivity index (χ4v) is 7.41. The first-order valence-corrected chi connectivity index (χ1v) is 18.6. The van der Waals surface area contributed by atoms with Crippen LogP contribution in [0.3, 0.4) is 0 Å². The molecule has 0 aromatic heterocycles. The minimum absolute atomic E-state index is 0.555. The van der Waals surface area contributed by atoms with Gasteiger partial charge in [-0.15, -0.1) is 0 Å². The highest BCUT2D eigenvalue weighted by molar-refractivity contribution is 5.16. The summed E-state index contributed by atoms with van der Waals surface area (Å²) in [6.45, 7) is 29.7. The molecule has 7 atom stereocenters. The zero-order valence-corrected chi connectivity index (χ0v) is 30.4. The minimum atomic E-state index is 0.555. The van der Waals surface area contributed by atoms with Gasteiger partial charge in [-0.05, 0) is 139 Å². The van der Waals surface area contributed by atoms with Gasteiger partial charge in [-0.25, -0.2) is 0 Å². The van der Waals surface area contributed by atoms with Gasteiger partial charge in [-0.2, -0.15) is 0 Å². The smallest absolute Gasteiger partial charge is 0.0139 e. The van der Waals surface area contributed by atoms with E-state index in [-0.39, 0.29) is 0 Å². The first-order chi connectivity index (χ1) is 20.9. The summed E-state index contributed by atoms with van der Waals surface area (Å²) in [7, 11) is 0. The maximum absolute atomic E-state index is 4.48. The van der Waals surface area contributed by atoms with E-state index >= 15 is 0 Å². The van der Waals surface area contributed by atoms with E-state index in [2.05, 4.69) is 105 Å². The van der Waals surface area contributed by atoms with E-state index in [1.54, 1.807) is 0 Å². The Hall–Kier alpha value is -1.82. The van der Waals surface area contributed by atoms with Gasteiger partial charge in [0.05, 0.1) is 0 Å². The highest BCUT2D eigenvalue weighted by Crippen LogP contribution is 2.36. The van der Waals surface area contributed by atoms with Crippen LogP contribution in [0.4, 0.5) is 0 Å². The Labute approximate surface area is 276 Å². The summed E-state index contributed by atoms with van der Waals surface area (Å²) in [6, 6.07) is 0. The molecule has 0 N–H and O–H groups in total. The molecule has 2 saturated carbocycles. The van der Waals surface area contributed by atoms with Crippen molar-refractivity contribution in [1.82, 2.24) is 0 Å². The predicted octanol–water partition coefficient (Wildman–Crippen LogP) is 14.3. The summed E-state index contributed by atoms with van der Waals surface area (Å²) >= 11 is 0. The van der Waals surface area contributed by atoms with Crippen molar-refractivity contribution in [2.45, 2.75) is 151 Å². The van der Waals surface area contributed by atoms with Crippen molar-refractivity contribution in [1.29, 1.82) is 0 Å². The van der Waals surface area contributed by atoms with Crippen LogP contribution in [0.15, 0.2) is 84.1 Å². The second-order valence-electron chi connectivity index (χ2n) is 15.7. The molecule has 0 spiro atoms. The van der Waals surface area contributed by atoms with Crippen molar-refractivity contribution in [2.24, 2.45) is 41.4 Å². The van der Waals surface area contributed by atoms with Gasteiger partial charge < -0.3 is 0 Å². The van der Waals surface area contributed by atoms with Crippen molar-refractivity contribution >= 4 is 0 Å². The number of hydrogen-bond donors (Lipinski definition) is 0. The quantitative estimate of drug-likeness (QED) is 0.102. The lowest BCUT2D eigenvalue weighted by atomic mass is 9.77. The van der Waals surface area contributed by atoms with Gasteiger partial charge in [0, 0.05) is 0 Å². The molecule has 44 heavy (non-hydrogen) atoms. The number of rotatable bonds is 19. The zero-order chi connectivity index (χ0) is 32.5. The Kier molecular flexibility index (Phi) is 18.4. The van der Waals surface area contributed by atoms with Crippen LogP contribution in [-0.2, 0) is 0 Å². The summed E-state index contributed by atoms with van der Waals surface area (Å²) in [5.74, 6) is 5.43. The van der Waals surface area contributed by atoms with E-state index in [4.69, 9.17) is 0 Å². The third-order valence-electron chi connectivity index (χ3n) is 11.2. The van der Waals surface area contributed by atoms with Crippen LogP contribution in [0.5, 0.6) is 0 Å². The molecule has 0 aromatic carbocycles. The maximum Gasteiger partial charge on any atom is -0.0139 e.